The highest BCUT2D eigenvalue weighted by molar-refractivity contribution is 7.47. The quantitative estimate of drug-likeness (QED) is 0.0239. The van der Waals surface area contributed by atoms with Gasteiger partial charge >= 0.3 is 19.8 Å². The van der Waals surface area contributed by atoms with E-state index in [2.05, 4.69) is 91.3 Å². The van der Waals surface area contributed by atoms with E-state index in [0.29, 0.717) is 12.8 Å². The first-order valence-electron chi connectivity index (χ1n) is 20.9. The van der Waals surface area contributed by atoms with E-state index in [1.807, 2.05) is 0 Å². The molecule has 0 aliphatic rings. The predicted octanol–water partition coefficient (Wildman–Crippen LogP) is 10.9. The number of esters is 2. The molecule has 0 saturated carbocycles. The molecule has 10 nitrogen and oxygen atoms in total. The Morgan fingerprint density at radius 3 is 1.51 bits per heavy atom. The zero-order valence-electron chi connectivity index (χ0n) is 34.1. The van der Waals surface area contributed by atoms with E-state index in [1.165, 1.54) is 6.42 Å². The molecule has 0 saturated heterocycles. The second-order valence-corrected chi connectivity index (χ2v) is 15.1. The topological polar surface area (TPSA) is 149 Å². The number of carbonyl (C=O) groups is 2. The molecule has 3 unspecified atom stereocenters. The van der Waals surface area contributed by atoms with Gasteiger partial charge in [-0.05, 0) is 77.0 Å². The highest BCUT2D eigenvalue weighted by atomic mass is 31.2. The number of aliphatic hydroxyl groups excluding tert-OH is 2. The van der Waals surface area contributed by atoms with Crippen LogP contribution in [0.25, 0.3) is 0 Å². The second kappa shape index (κ2) is 39.6. The fourth-order valence-corrected chi connectivity index (χ4v) is 5.93. The summed E-state index contributed by atoms with van der Waals surface area (Å²) >= 11 is 0. The first-order chi connectivity index (χ1) is 26.7. The molecule has 0 aromatic heterocycles. The number of hydrogen-bond acceptors (Lipinski definition) is 9. The molecule has 0 rings (SSSR count). The lowest BCUT2D eigenvalue weighted by atomic mass is 10.1. The van der Waals surface area contributed by atoms with Gasteiger partial charge in [0.15, 0.2) is 6.10 Å². The number of carbonyl (C=O) groups excluding carboxylic acids is 2. The van der Waals surface area contributed by atoms with Crippen molar-refractivity contribution in [2.45, 2.75) is 167 Å². The number of allylic oxidation sites excluding steroid dienone is 12. The van der Waals surface area contributed by atoms with Crippen molar-refractivity contribution in [1.29, 1.82) is 0 Å². The van der Waals surface area contributed by atoms with E-state index in [-0.39, 0.29) is 19.4 Å². The summed E-state index contributed by atoms with van der Waals surface area (Å²) in [5, 5.41) is 18.3. The SMILES string of the molecule is CC/C=C\C/C=C\C/C=C\C/C=C\CCCCCCCCC(=O)OC(COC(=O)CCCCCCC/C=C\C/C=C\CCC)COP(=O)(O)OCC(O)CO. The van der Waals surface area contributed by atoms with E-state index in [0.717, 1.165) is 109 Å². The third-order valence-electron chi connectivity index (χ3n) is 8.33. The summed E-state index contributed by atoms with van der Waals surface area (Å²) in [5.74, 6) is -0.965. The van der Waals surface area contributed by atoms with Crippen molar-refractivity contribution in [3.8, 4) is 0 Å². The van der Waals surface area contributed by atoms with Crippen LogP contribution in [0.1, 0.15) is 155 Å². The van der Waals surface area contributed by atoms with Gasteiger partial charge in [0.1, 0.15) is 12.7 Å². The summed E-state index contributed by atoms with van der Waals surface area (Å²) in [5.41, 5.74) is 0. The Morgan fingerprint density at radius 1 is 0.564 bits per heavy atom. The summed E-state index contributed by atoms with van der Waals surface area (Å²) < 4.78 is 32.6. The molecule has 0 aromatic carbocycles. The zero-order chi connectivity index (χ0) is 40.5. The number of unbranched alkanes of at least 4 members (excludes halogenated alkanes) is 12. The van der Waals surface area contributed by atoms with Crippen LogP contribution in [0.4, 0.5) is 0 Å². The van der Waals surface area contributed by atoms with Crippen LogP contribution in [0, 0.1) is 0 Å². The molecule has 3 N–H and O–H groups in total. The van der Waals surface area contributed by atoms with Crippen molar-refractivity contribution in [2.24, 2.45) is 0 Å². The first-order valence-corrected chi connectivity index (χ1v) is 22.4. The predicted molar refractivity (Wildman–Crippen MR) is 223 cm³/mol. The highest BCUT2D eigenvalue weighted by Crippen LogP contribution is 2.43. The van der Waals surface area contributed by atoms with Crippen molar-refractivity contribution < 1.29 is 47.8 Å². The molecular formula is C44H75O10P. The molecule has 0 aliphatic carbocycles. The third kappa shape index (κ3) is 39.4. The fraction of sp³-hybridized carbons (Fsp3) is 0.682. The summed E-state index contributed by atoms with van der Waals surface area (Å²) in [6.45, 7) is 2.15. The standard InChI is InChI=1S/C44H75O10P/c1-3-5-7-9-11-13-15-17-18-19-20-21-22-24-26-28-30-32-34-36-44(48)54-42(40-53-55(49,50)52-38-41(46)37-45)39-51-43(47)35-33-31-29-27-25-23-16-14-12-10-8-6-4-2/h5,7-8,10-11,13-14,16-18,20-21,41-42,45-46H,3-4,6,9,12,15,19,22-40H2,1-2H3,(H,49,50)/b7-5-,10-8-,13-11-,16-14-,18-17-,21-20-. The minimum Gasteiger partial charge on any atom is -0.462 e. The van der Waals surface area contributed by atoms with Gasteiger partial charge in [0.25, 0.3) is 0 Å². The second-order valence-electron chi connectivity index (χ2n) is 13.6. The number of hydrogen-bond donors (Lipinski definition) is 3. The number of phosphoric ester groups is 1. The smallest absolute Gasteiger partial charge is 0.462 e. The average Bonchev–Trinajstić information content (AvgIpc) is 3.17. The number of ether oxygens (including phenoxy) is 2. The van der Waals surface area contributed by atoms with Gasteiger partial charge in [0, 0.05) is 12.8 Å². The van der Waals surface area contributed by atoms with Gasteiger partial charge in [-0.1, -0.05) is 138 Å². The molecule has 0 bridgehead atoms. The molecule has 55 heavy (non-hydrogen) atoms. The number of rotatable bonds is 38. The van der Waals surface area contributed by atoms with Gasteiger partial charge < -0.3 is 24.6 Å². The van der Waals surface area contributed by atoms with Crippen molar-refractivity contribution in [1.82, 2.24) is 0 Å². The van der Waals surface area contributed by atoms with E-state index >= 15 is 0 Å². The molecule has 0 aromatic rings. The molecule has 11 heteroatoms. The Bertz CT molecular complexity index is 1140. The summed E-state index contributed by atoms with van der Waals surface area (Å²) in [6, 6.07) is 0. The van der Waals surface area contributed by atoms with Crippen LogP contribution < -0.4 is 0 Å². The maximum Gasteiger partial charge on any atom is 0.472 e. The van der Waals surface area contributed by atoms with Crippen LogP contribution in [-0.2, 0) is 32.7 Å². The van der Waals surface area contributed by atoms with Crippen LogP contribution in [0.15, 0.2) is 72.9 Å². The van der Waals surface area contributed by atoms with Crippen molar-refractivity contribution >= 4 is 19.8 Å². The minimum atomic E-state index is -4.63. The van der Waals surface area contributed by atoms with Crippen LogP contribution in [-0.4, -0.2) is 65.7 Å². The van der Waals surface area contributed by atoms with Crippen molar-refractivity contribution in [3.63, 3.8) is 0 Å². The Balaban J connectivity index is 4.36. The maximum absolute atomic E-state index is 12.6. The van der Waals surface area contributed by atoms with E-state index in [1.54, 1.807) is 0 Å². The van der Waals surface area contributed by atoms with Gasteiger partial charge in [0.05, 0.1) is 19.8 Å². The summed E-state index contributed by atoms with van der Waals surface area (Å²) in [6.07, 6.45) is 44.4. The monoisotopic (exact) mass is 795 g/mol. The first kappa shape index (κ1) is 52.4. The van der Waals surface area contributed by atoms with Crippen LogP contribution in [0.2, 0.25) is 0 Å². The molecule has 0 radical (unpaired) electrons. The van der Waals surface area contributed by atoms with Crippen LogP contribution in [0.5, 0.6) is 0 Å². The third-order valence-corrected chi connectivity index (χ3v) is 9.28. The molecule has 0 fully saturated rings. The normalized spacial score (nSPS) is 14.6. The Kier molecular flexibility index (Phi) is 37.8. The summed E-state index contributed by atoms with van der Waals surface area (Å²) in [4.78, 5) is 34.9. The molecule has 316 valence electrons. The maximum atomic E-state index is 12.6. The number of phosphoric acid groups is 1. The van der Waals surface area contributed by atoms with E-state index in [9.17, 15) is 24.2 Å². The molecule has 0 amide bonds. The Hall–Kier alpha value is -2.59. The minimum absolute atomic E-state index is 0.161. The van der Waals surface area contributed by atoms with E-state index < -0.39 is 51.8 Å². The lowest BCUT2D eigenvalue weighted by Gasteiger charge is -2.20. The lowest BCUT2D eigenvalue weighted by Crippen LogP contribution is -2.29. The Morgan fingerprint density at radius 2 is 1.00 bits per heavy atom. The molecule has 0 aliphatic heterocycles. The fourth-order valence-electron chi connectivity index (χ4n) is 5.14. The lowest BCUT2D eigenvalue weighted by molar-refractivity contribution is -0.161. The Labute approximate surface area is 333 Å². The van der Waals surface area contributed by atoms with Crippen LogP contribution >= 0.6 is 7.82 Å². The van der Waals surface area contributed by atoms with Crippen molar-refractivity contribution in [3.05, 3.63) is 72.9 Å². The molecular weight excluding hydrogens is 719 g/mol. The molecule has 0 spiro atoms. The van der Waals surface area contributed by atoms with Gasteiger partial charge in [0.2, 0.25) is 0 Å². The number of aliphatic hydroxyl groups is 2. The van der Waals surface area contributed by atoms with Crippen molar-refractivity contribution in [2.75, 3.05) is 26.4 Å². The molecule has 3 atom stereocenters. The van der Waals surface area contributed by atoms with Gasteiger partial charge in [-0.25, -0.2) is 4.57 Å². The van der Waals surface area contributed by atoms with Crippen LogP contribution in [0.3, 0.4) is 0 Å². The summed E-state index contributed by atoms with van der Waals surface area (Å²) in [7, 11) is -4.63. The highest BCUT2D eigenvalue weighted by Gasteiger charge is 2.27. The zero-order valence-corrected chi connectivity index (χ0v) is 35.0. The van der Waals surface area contributed by atoms with Gasteiger partial charge in [-0.3, -0.25) is 18.6 Å². The van der Waals surface area contributed by atoms with Gasteiger partial charge in [-0.2, -0.15) is 0 Å². The van der Waals surface area contributed by atoms with Gasteiger partial charge in [-0.15, -0.1) is 0 Å². The largest absolute Gasteiger partial charge is 0.472 e. The average molecular weight is 795 g/mol. The molecule has 0 heterocycles. The van der Waals surface area contributed by atoms with E-state index in [4.69, 9.17) is 19.1 Å².